The van der Waals surface area contributed by atoms with Crippen molar-refractivity contribution in [2.75, 3.05) is 0 Å². The zero-order valence-corrected chi connectivity index (χ0v) is 19.9. The summed E-state index contributed by atoms with van der Waals surface area (Å²) in [5.41, 5.74) is 11.5. The Morgan fingerprint density at radius 3 is 1.82 bits per heavy atom. The van der Waals surface area contributed by atoms with Crippen molar-refractivity contribution < 1.29 is 29.1 Å². The maximum atomic E-state index is 13.1. The predicted molar refractivity (Wildman–Crippen MR) is 125 cm³/mol. The molecule has 0 spiro atoms. The van der Waals surface area contributed by atoms with Gasteiger partial charge in [-0.15, -0.1) is 0 Å². The standard InChI is InChI=1S/C23H35N5O6/c1-12(2)18(22(32)28-19(13(3)4)23(33)34)27-21(31)16(10-14-8-6-5-7-9-14)26-20(30)15(24)11-17(25)29/h5-9,12-13,15-16,18-19H,10-11,24H2,1-4H3,(H2,25,29)(H,26,30)(H,27,31)(H,28,32)(H,33,34). The van der Waals surface area contributed by atoms with Gasteiger partial charge in [-0.25, -0.2) is 4.79 Å². The molecule has 0 saturated heterocycles. The van der Waals surface area contributed by atoms with Gasteiger partial charge in [-0.2, -0.15) is 0 Å². The van der Waals surface area contributed by atoms with Crippen LogP contribution in [0.2, 0.25) is 0 Å². The van der Waals surface area contributed by atoms with Gasteiger partial charge in [0.05, 0.1) is 12.5 Å². The Labute approximate surface area is 199 Å². The van der Waals surface area contributed by atoms with Crippen LogP contribution in [0.1, 0.15) is 39.7 Å². The first-order valence-electron chi connectivity index (χ1n) is 11.0. The molecule has 0 heterocycles. The quantitative estimate of drug-likeness (QED) is 0.216. The van der Waals surface area contributed by atoms with E-state index in [4.69, 9.17) is 11.5 Å². The Morgan fingerprint density at radius 2 is 1.35 bits per heavy atom. The first kappa shape index (κ1) is 28.6. The van der Waals surface area contributed by atoms with Gasteiger partial charge in [0.1, 0.15) is 18.1 Å². The molecule has 8 N–H and O–H groups in total. The number of nitrogens with two attached hydrogens (primary N) is 2. The van der Waals surface area contributed by atoms with E-state index in [9.17, 15) is 29.1 Å². The lowest BCUT2D eigenvalue weighted by Gasteiger charge is -2.28. The highest BCUT2D eigenvalue weighted by atomic mass is 16.4. The molecule has 0 saturated carbocycles. The maximum Gasteiger partial charge on any atom is 0.326 e. The molecule has 1 rings (SSSR count). The number of carboxylic acids is 1. The first-order valence-corrected chi connectivity index (χ1v) is 11.0. The number of aliphatic carboxylic acids is 1. The molecule has 4 atom stereocenters. The summed E-state index contributed by atoms with van der Waals surface area (Å²) < 4.78 is 0. The van der Waals surface area contributed by atoms with Crippen LogP contribution in [0, 0.1) is 11.8 Å². The summed E-state index contributed by atoms with van der Waals surface area (Å²) in [6.45, 7) is 6.71. The van der Waals surface area contributed by atoms with E-state index in [2.05, 4.69) is 16.0 Å². The molecule has 0 fully saturated rings. The number of carboxylic acid groups (broad SMARTS) is 1. The molecular weight excluding hydrogens is 442 g/mol. The Kier molecular flexibility index (Phi) is 11.2. The summed E-state index contributed by atoms with van der Waals surface area (Å²) in [5.74, 6) is -4.76. The van der Waals surface area contributed by atoms with E-state index < -0.39 is 60.2 Å². The van der Waals surface area contributed by atoms with Gasteiger partial charge in [0.15, 0.2) is 0 Å². The fourth-order valence-corrected chi connectivity index (χ4v) is 3.19. The third-order valence-electron chi connectivity index (χ3n) is 5.15. The highest BCUT2D eigenvalue weighted by Gasteiger charge is 2.33. The number of hydrogen-bond donors (Lipinski definition) is 6. The minimum Gasteiger partial charge on any atom is -0.480 e. The van der Waals surface area contributed by atoms with Crippen LogP contribution in [-0.4, -0.2) is 58.9 Å². The highest BCUT2D eigenvalue weighted by Crippen LogP contribution is 2.09. The highest BCUT2D eigenvalue weighted by molar-refractivity contribution is 5.95. The molecule has 0 aliphatic carbocycles. The summed E-state index contributed by atoms with van der Waals surface area (Å²) in [6, 6.07) is 4.34. The second-order valence-electron chi connectivity index (χ2n) is 8.83. The molecule has 0 aromatic heterocycles. The average Bonchev–Trinajstić information content (AvgIpc) is 2.74. The average molecular weight is 478 g/mol. The summed E-state index contributed by atoms with van der Waals surface area (Å²) in [6.07, 6.45) is -0.299. The van der Waals surface area contributed by atoms with Crippen LogP contribution < -0.4 is 27.4 Å². The Balaban J connectivity index is 3.08. The molecule has 11 nitrogen and oxygen atoms in total. The molecule has 0 bridgehead atoms. The van der Waals surface area contributed by atoms with Gasteiger partial charge in [-0.3, -0.25) is 19.2 Å². The van der Waals surface area contributed by atoms with Gasteiger partial charge in [0.25, 0.3) is 0 Å². The van der Waals surface area contributed by atoms with Crippen molar-refractivity contribution in [3.8, 4) is 0 Å². The lowest BCUT2D eigenvalue weighted by molar-refractivity contribution is -0.143. The lowest BCUT2D eigenvalue weighted by atomic mass is 9.99. The van der Waals surface area contributed by atoms with E-state index in [0.717, 1.165) is 5.56 Å². The molecule has 4 amide bonds. The summed E-state index contributed by atoms with van der Waals surface area (Å²) in [5, 5.41) is 17.0. The van der Waals surface area contributed by atoms with Crippen molar-refractivity contribution >= 4 is 29.6 Å². The Morgan fingerprint density at radius 1 is 0.824 bits per heavy atom. The van der Waals surface area contributed by atoms with E-state index in [1.807, 2.05) is 0 Å². The van der Waals surface area contributed by atoms with Gasteiger partial charge >= 0.3 is 5.97 Å². The van der Waals surface area contributed by atoms with Crippen LogP contribution in [0.3, 0.4) is 0 Å². The largest absolute Gasteiger partial charge is 0.480 e. The third kappa shape index (κ3) is 9.18. The minimum absolute atomic E-state index is 0.0951. The molecular formula is C23H35N5O6. The van der Waals surface area contributed by atoms with Gasteiger partial charge < -0.3 is 32.5 Å². The zero-order valence-electron chi connectivity index (χ0n) is 19.9. The van der Waals surface area contributed by atoms with Crippen molar-refractivity contribution in [1.29, 1.82) is 0 Å². The summed E-state index contributed by atoms with van der Waals surface area (Å²) in [7, 11) is 0. The lowest BCUT2D eigenvalue weighted by Crippen LogP contribution is -2.59. The SMILES string of the molecule is CC(C)C(NC(=O)C(NC(=O)C(Cc1ccccc1)NC(=O)C(N)CC(N)=O)C(C)C)C(=O)O. The Bertz CT molecular complexity index is 874. The fraction of sp³-hybridized carbons (Fsp3) is 0.522. The molecule has 1 aromatic rings. The summed E-state index contributed by atoms with van der Waals surface area (Å²) in [4.78, 5) is 61.0. The molecule has 4 unspecified atom stereocenters. The van der Waals surface area contributed by atoms with Crippen LogP contribution in [0.5, 0.6) is 0 Å². The Hall–Kier alpha value is -3.47. The number of nitrogens with one attached hydrogen (secondary N) is 3. The van der Waals surface area contributed by atoms with Crippen LogP contribution in [0.15, 0.2) is 30.3 Å². The second-order valence-corrected chi connectivity index (χ2v) is 8.83. The van der Waals surface area contributed by atoms with E-state index in [-0.39, 0.29) is 18.3 Å². The molecule has 1 aromatic carbocycles. The third-order valence-corrected chi connectivity index (χ3v) is 5.15. The molecule has 34 heavy (non-hydrogen) atoms. The van der Waals surface area contributed by atoms with E-state index in [0.29, 0.717) is 0 Å². The monoisotopic (exact) mass is 477 g/mol. The number of hydrogen-bond acceptors (Lipinski definition) is 6. The van der Waals surface area contributed by atoms with Crippen LogP contribution in [0.4, 0.5) is 0 Å². The van der Waals surface area contributed by atoms with E-state index in [1.165, 1.54) is 0 Å². The number of carbonyl (C=O) groups is 5. The second kappa shape index (κ2) is 13.3. The number of carbonyl (C=O) groups excluding carboxylic acids is 4. The van der Waals surface area contributed by atoms with Crippen molar-refractivity contribution in [2.45, 2.75) is 64.7 Å². The smallest absolute Gasteiger partial charge is 0.326 e. The van der Waals surface area contributed by atoms with Gasteiger partial charge in [0, 0.05) is 6.42 Å². The van der Waals surface area contributed by atoms with Crippen molar-refractivity contribution in [3.63, 3.8) is 0 Å². The van der Waals surface area contributed by atoms with Crippen LogP contribution in [0.25, 0.3) is 0 Å². The molecule has 0 aliphatic heterocycles. The molecule has 0 aliphatic rings. The van der Waals surface area contributed by atoms with Gasteiger partial charge in [-0.1, -0.05) is 58.0 Å². The number of primary amides is 1. The van der Waals surface area contributed by atoms with E-state index >= 15 is 0 Å². The molecule has 11 heteroatoms. The molecule has 0 radical (unpaired) electrons. The van der Waals surface area contributed by atoms with Crippen molar-refractivity contribution in [1.82, 2.24) is 16.0 Å². The van der Waals surface area contributed by atoms with Gasteiger partial charge in [0.2, 0.25) is 23.6 Å². The topological polar surface area (TPSA) is 194 Å². The zero-order chi connectivity index (χ0) is 26.0. The van der Waals surface area contributed by atoms with Crippen molar-refractivity contribution in [2.24, 2.45) is 23.3 Å². The predicted octanol–water partition coefficient (Wildman–Crippen LogP) is -0.717. The maximum absolute atomic E-state index is 13.1. The van der Waals surface area contributed by atoms with Crippen LogP contribution >= 0.6 is 0 Å². The number of rotatable bonds is 13. The summed E-state index contributed by atoms with van der Waals surface area (Å²) >= 11 is 0. The first-order chi connectivity index (χ1) is 15.8. The van der Waals surface area contributed by atoms with Crippen LogP contribution in [-0.2, 0) is 30.4 Å². The fourth-order valence-electron chi connectivity index (χ4n) is 3.19. The van der Waals surface area contributed by atoms with Crippen molar-refractivity contribution in [3.05, 3.63) is 35.9 Å². The normalized spacial score (nSPS) is 14.6. The molecule has 188 valence electrons. The number of benzene rings is 1. The van der Waals surface area contributed by atoms with E-state index in [1.54, 1.807) is 58.0 Å². The minimum atomic E-state index is -1.24. The number of amides is 4. The van der Waals surface area contributed by atoms with Gasteiger partial charge in [-0.05, 0) is 17.4 Å².